The summed E-state index contributed by atoms with van der Waals surface area (Å²) in [6.07, 6.45) is 0.575. The maximum atomic E-state index is 13.7. The highest BCUT2D eigenvalue weighted by Crippen LogP contribution is 2.24. The van der Waals surface area contributed by atoms with Gasteiger partial charge in [0.15, 0.2) is 0 Å². The first-order valence-corrected chi connectivity index (χ1v) is 6.38. The Kier molecular flexibility index (Phi) is 4.30. The number of nitrogens with one attached hydrogen (secondary N) is 1. The Bertz CT molecular complexity index is 409. The van der Waals surface area contributed by atoms with Crippen LogP contribution in [0.5, 0.6) is 0 Å². The van der Waals surface area contributed by atoms with Gasteiger partial charge in [-0.15, -0.1) is 0 Å². The molecule has 0 bridgehead atoms. The molecule has 0 aromatic heterocycles. The van der Waals surface area contributed by atoms with Crippen molar-refractivity contribution in [3.8, 4) is 0 Å². The zero-order valence-corrected chi connectivity index (χ0v) is 10.7. The second kappa shape index (κ2) is 5.76. The number of halogens is 2. The van der Waals surface area contributed by atoms with Crippen LogP contribution in [0, 0.1) is 17.6 Å². The maximum Gasteiger partial charge on any atom is 0.131 e. The van der Waals surface area contributed by atoms with Gasteiger partial charge in [-0.2, -0.15) is 0 Å². The van der Waals surface area contributed by atoms with Gasteiger partial charge in [0, 0.05) is 30.8 Å². The summed E-state index contributed by atoms with van der Waals surface area (Å²) in [5, 5.41) is 3.39. The van der Waals surface area contributed by atoms with Crippen molar-refractivity contribution < 1.29 is 13.5 Å². The van der Waals surface area contributed by atoms with Crippen LogP contribution in [0.15, 0.2) is 18.2 Å². The molecule has 1 aliphatic rings. The molecule has 1 fully saturated rings. The topological polar surface area (TPSA) is 21.3 Å². The van der Waals surface area contributed by atoms with Crippen LogP contribution in [0.4, 0.5) is 8.78 Å². The normalized spacial score (nSPS) is 25.2. The second-order valence-electron chi connectivity index (χ2n) is 5.07. The van der Waals surface area contributed by atoms with Crippen molar-refractivity contribution in [2.75, 3.05) is 13.2 Å². The molecule has 0 amide bonds. The van der Waals surface area contributed by atoms with Gasteiger partial charge in [-0.05, 0) is 18.4 Å². The van der Waals surface area contributed by atoms with Gasteiger partial charge in [0.1, 0.15) is 11.6 Å². The maximum absolute atomic E-state index is 13.7. The van der Waals surface area contributed by atoms with E-state index in [1.807, 2.05) is 0 Å². The fourth-order valence-corrected chi connectivity index (χ4v) is 2.29. The minimum absolute atomic E-state index is 0.339. The largest absolute Gasteiger partial charge is 0.372 e. The summed E-state index contributed by atoms with van der Waals surface area (Å²) in [5.74, 6) is -0.576. The summed E-state index contributed by atoms with van der Waals surface area (Å²) in [6, 6.07) is 4.03. The van der Waals surface area contributed by atoms with Crippen molar-refractivity contribution >= 4 is 0 Å². The Morgan fingerprint density at radius 3 is 2.78 bits per heavy atom. The number of hydrogen-bond donors (Lipinski definition) is 1. The van der Waals surface area contributed by atoms with Crippen LogP contribution in [0.3, 0.4) is 0 Å². The third-order valence-corrected chi connectivity index (χ3v) is 3.43. The summed E-state index contributed by atoms with van der Waals surface area (Å²) >= 11 is 0. The van der Waals surface area contributed by atoms with Gasteiger partial charge in [-0.25, -0.2) is 8.78 Å². The fourth-order valence-electron chi connectivity index (χ4n) is 2.29. The van der Waals surface area contributed by atoms with E-state index in [1.54, 1.807) is 0 Å². The van der Waals surface area contributed by atoms with Gasteiger partial charge in [-0.1, -0.05) is 19.9 Å². The monoisotopic (exact) mass is 255 g/mol. The number of hydrogen-bond acceptors (Lipinski definition) is 2. The zero-order chi connectivity index (χ0) is 13.1. The minimum atomic E-state index is -0.558. The lowest BCUT2D eigenvalue weighted by atomic mass is 10.0. The Hall–Kier alpha value is -1.00. The fraction of sp³-hybridized carbons (Fsp3) is 0.571. The molecular weight excluding hydrogens is 236 g/mol. The second-order valence-corrected chi connectivity index (χ2v) is 5.07. The van der Waals surface area contributed by atoms with Crippen LogP contribution in [-0.2, 0) is 4.74 Å². The Morgan fingerprint density at radius 2 is 2.11 bits per heavy atom. The molecule has 1 aliphatic heterocycles. The molecule has 0 radical (unpaired) electrons. The quantitative estimate of drug-likeness (QED) is 0.877. The summed E-state index contributed by atoms with van der Waals surface area (Å²) in [6.45, 7) is 5.45. The summed E-state index contributed by atoms with van der Waals surface area (Å²) in [7, 11) is 0. The van der Waals surface area contributed by atoms with Crippen molar-refractivity contribution in [1.29, 1.82) is 0 Å². The molecule has 2 rings (SSSR count). The van der Waals surface area contributed by atoms with Gasteiger partial charge in [0.2, 0.25) is 0 Å². The van der Waals surface area contributed by atoms with Crippen LogP contribution < -0.4 is 5.32 Å². The van der Waals surface area contributed by atoms with E-state index < -0.39 is 11.6 Å². The van der Waals surface area contributed by atoms with Gasteiger partial charge in [0.25, 0.3) is 0 Å². The van der Waals surface area contributed by atoms with Gasteiger partial charge in [0.05, 0.1) is 6.10 Å². The van der Waals surface area contributed by atoms with Crippen molar-refractivity contribution in [3.63, 3.8) is 0 Å². The highest BCUT2D eigenvalue weighted by atomic mass is 19.1. The van der Waals surface area contributed by atoms with Gasteiger partial charge in [-0.3, -0.25) is 0 Å². The molecule has 100 valence electrons. The lowest BCUT2D eigenvalue weighted by Gasteiger charge is -2.20. The van der Waals surface area contributed by atoms with E-state index in [4.69, 9.17) is 4.74 Å². The van der Waals surface area contributed by atoms with Gasteiger partial charge < -0.3 is 10.1 Å². The van der Waals surface area contributed by atoms with E-state index in [0.717, 1.165) is 12.5 Å². The minimum Gasteiger partial charge on any atom is -0.372 e. The third-order valence-electron chi connectivity index (χ3n) is 3.43. The molecule has 1 heterocycles. The molecule has 18 heavy (non-hydrogen) atoms. The lowest BCUT2D eigenvalue weighted by Crippen LogP contribution is -2.34. The average Bonchev–Trinajstić information content (AvgIpc) is 2.54. The van der Waals surface area contributed by atoms with E-state index in [0.29, 0.717) is 30.7 Å². The highest BCUT2D eigenvalue weighted by Gasteiger charge is 2.23. The Labute approximate surface area is 106 Å². The molecule has 1 saturated heterocycles. The molecule has 1 aromatic carbocycles. The molecular formula is C14H19F2NO. The van der Waals surface area contributed by atoms with Crippen LogP contribution in [0.1, 0.15) is 31.9 Å². The van der Waals surface area contributed by atoms with Crippen molar-refractivity contribution in [3.05, 3.63) is 35.4 Å². The van der Waals surface area contributed by atoms with E-state index >= 15 is 0 Å². The molecule has 1 N–H and O–H groups in total. The predicted molar refractivity (Wildman–Crippen MR) is 66.3 cm³/mol. The average molecular weight is 255 g/mol. The SMILES string of the molecule is CC(C)C1CCOC(c2ccc(F)cc2F)CN1. The number of rotatable bonds is 2. The molecule has 4 heteroatoms. The first-order valence-electron chi connectivity index (χ1n) is 6.38. The van der Waals surface area contributed by atoms with E-state index in [9.17, 15) is 8.78 Å². The first-order chi connectivity index (χ1) is 8.58. The predicted octanol–water partition coefficient (Wildman–Crippen LogP) is 3.04. The van der Waals surface area contributed by atoms with Crippen molar-refractivity contribution in [2.24, 2.45) is 5.92 Å². The molecule has 0 saturated carbocycles. The standard InChI is InChI=1S/C14H19F2NO/c1-9(2)13-5-6-18-14(8-17-13)11-4-3-10(15)7-12(11)16/h3-4,7,9,13-14,17H,5-6,8H2,1-2H3. The smallest absolute Gasteiger partial charge is 0.131 e. The zero-order valence-electron chi connectivity index (χ0n) is 10.7. The van der Waals surface area contributed by atoms with Crippen LogP contribution in [-0.4, -0.2) is 19.2 Å². The van der Waals surface area contributed by atoms with E-state index in [2.05, 4.69) is 19.2 Å². The number of ether oxygens (including phenoxy) is 1. The van der Waals surface area contributed by atoms with E-state index in [-0.39, 0.29) is 6.10 Å². The molecule has 0 spiro atoms. The first kappa shape index (κ1) is 13.4. The number of benzene rings is 1. The molecule has 2 nitrogen and oxygen atoms in total. The Morgan fingerprint density at radius 1 is 1.33 bits per heavy atom. The van der Waals surface area contributed by atoms with Crippen molar-refractivity contribution in [2.45, 2.75) is 32.4 Å². The summed E-state index contributed by atoms with van der Waals surface area (Å²) < 4.78 is 32.2. The molecule has 0 aliphatic carbocycles. The van der Waals surface area contributed by atoms with Gasteiger partial charge >= 0.3 is 0 Å². The van der Waals surface area contributed by atoms with Crippen LogP contribution in [0.25, 0.3) is 0 Å². The van der Waals surface area contributed by atoms with Crippen molar-refractivity contribution in [1.82, 2.24) is 5.32 Å². The van der Waals surface area contributed by atoms with E-state index in [1.165, 1.54) is 12.1 Å². The van der Waals surface area contributed by atoms with Crippen LogP contribution >= 0.6 is 0 Å². The highest BCUT2D eigenvalue weighted by molar-refractivity contribution is 5.21. The molecule has 2 unspecified atom stereocenters. The molecule has 1 aromatic rings. The summed E-state index contributed by atoms with van der Waals surface area (Å²) in [5.41, 5.74) is 0.424. The summed E-state index contributed by atoms with van der Waals surface area (Å²) in [4.78, 5) is 0. The third kappa shape index (κ3) is 3.06. The lowest BCUT2D eigenvalue weighted by molar-refractivity contribution is 0.0635. The van der Waals surface area contributed by atoms with Crippen LogP contribution in [0.2, 0.25) is 0 Å². The Balaban J connectivity index is 2.10. The molecule has 2 atom stereocenters.